The van der Waals surface area contributed by atoms with E-state index in [1.807, 2.05) is 13.8 Å². The zero-order valence-corrected chi connectivity index (χ0v) is 7.30. The molecule has 1 rings (SSSR count). The molecule has 0 radical (unpaired) electrons. The molecule has 0 saturated heterocycles. The van der Waals surface area contributed by atoms with E-state index in [9.17, 15) is 4.79 Å². The van der Waals surface area contributed by atoms with E-state index < -0.39 is 5.97 Å². The second-order valence-corrected chi connectivity index (χ2v) is 3.73. The lowest BCUT2D eigenvalue weighted by molar-refractivity contribution is -0.139. The number of carboxylic acids is 1. The Morgan fingerprint density at radius 2 is 2.18 bits per heavy atom. The van der Waals surface area contributed by atoms with Gasteiger partial charge in [-0.1, -0.05) is 31.5 Å². The van der Waals surface area contributed by atoms with Crippen LogP contribution in [0, 0.1) is 17.3 Å². The Morgan fingerprint density at radius 1 is 1.64 bits per heavy atom. The molecule has 0 heterocycles. The first-order valence-electron chi connectivity index (χ1n) is 3.51. The summed E-state index contributed by atoms with van der Waals surface area (Å²) in [5.41, 5.74) is 1.28. The van der Waals surface area contributed by atoms with Gasteiger partial charge in [0.1, 0.15) is 0 Å². The third-order valence-corrected chi connectivity index (χ3v) is 2.60. The lowest BCUT2D eigenvalue weighted by atomic mass is 10.1. The number of carbonyl (C=O) groups is 1. The number of hydrogen-bond donors (Lipinski definition) is 1. The van der Waals surface area contributed by atoms with E-state index in [1.165, 1.54) is 5.54 Å². The summed E-state index contributed by atoms with van der Waals surface area (Å²) in [7, 11) is 0. The maximum Gasteiger partial charge on any atom is 0.307 e. The Hall–Kier alpha value is -0.500. The van der Waals surface area contributed by atoms with Gasteiger partial charge in [0.2, 0.25) is 0 Å². The van der Waals surface area contributed by atoms with Gasteiger partial charge in [-0.05, 0) is 11.3 Å². The number of allylic oxidation sites excluding steroid dienone is 1. The SMILES string of the molecule is CC1(C)[C@H](/C=C/Cl)[C@@H]1C(=O)O. The Labute approximate surface area is 70.9 Å². The van der Waals surface area contributed by atoms with Crippen LogP contribution in [-0.2, 0) is 4.79 Å². The molecule has 1 saturated carbocycles. The number of rotatable bonds is 2. The highest BCUT2D eigenvalue weighted by Crippen LogP contribution is 2.59. The van der Waals surface area contributed by atoms with Gasteiger partial charge in [0.15, 0.2) is 0 Å². The van der Waals surface area contributed by atoms with E-state index in [2.05, 4.69) is 0 Å². The second kappa shape index (κ2) is 2.52. The highest BCUT2D eigenvalue weighted by molar-refractivity contribution is 6.25. The maximum absolute atomic E-state index is 10.6. The van der Waals surface area contributed by atoms with Crippen molar-refractivity contribution in [2.24, 2.45) is 17.3 Å². The Bertz CT molecular complexity index is 208. The molecule has 62 valence electrons. The van der Waals surface area contributed by atoms with Gasteiger partial charge in [0.25, 0.3) is 0 Å². The monoisotopic (exact) mass is 174 g/mol. The summed E-state index contributed by atoms with van der Waals surface area (Å²) in [6, 6.07) is 0. The largest absolute Gasteiger partial charge is 0.481 e. The predicted molar refractivity (Wildman–Crippen MR) is 43.4 cm³/mol. The minimum atomic E-state index is -0.727. The minimum Gasteiger partial charge on any atom is -0.481 e. The summed E-state index contributed by atoms with van der Waals surface area (Å²) in [6.07, 6.45) is 1.75. The lowest BCUT2D eigenvalue weighted by Gasteiger charge is -1.95. The van der Waals surface area contributed by atoms with Crippen molar-refractivity contribution in [3.8, 4) is 0 Å². The molecule has 0 aliphatic heterocycles. The van der Waals surface area contributed by atoms with Crippen molar-refractivity contribution in [3.05, 3.63) is 11.6 Å². The van der Waals surface area contributed by atoms with Crippen LogP contribution < -0.4 is 0 Å². The van der Waals surface area contributed by atoms with Gasteiger partial charge < -0.3 is 5.11 Å². The van der Waals surface area contributed by atoms with Gasteiger partial charge in [-0.25, -0.2) is 0 Å². The molecule has 2 atom stereocenters. The van der Waals surface area contributed by atoms with Crippen molar-refractivity contribution in [2.45, 2.75) is 13.8 Å². The molecule has 0 unspecified atom stereocenters. The molecule has 3 heteroatoms. The smallest absolute Gasteiger partial charge is 0.307 e. The number of halogens is 1. The van der Waals surface area contributed by atoms with Crippen LogP contribution in [0.25, 0.3) is 0 Å². The summed E-state index contributed by atoms with van der Waals surface area (Å²) >= 11 is 5.36. The molecule has 0 amide bonds. The van der Waals surface area contributed by atoms with Crippen LogP contribution in [0.15, 0.2) is 11.6 Å². The van der Waals surface area contributed by atoms with E-state index in [1.54, 1.807) is 6.08 Å². The first-order chi connectivity index (χ1) is 5.01. The third-order valence-electron chi connectivity index (χ3n) is 2.46. The summed E-state index contributed by atoms with van der Waals surface area (Å²) in [4.78, 5) is 10.6. The molecule has 0 aromatic heterocycles. The molecule has 0 bridgehead atoms. The predicted octanol–water partition coefficient (Wildman–Crippen LogP) is 2.10. The van der Waals surface area contributed by atoms with Crippen molar-refractivity contribution in [1.29, 1.82) is 0 Å². The zero-order valence-electron chi connectivity index (χ0n) is 6.54. The fourth-order valence-corrected chi connectivity index (χ4v) is 1.74. The minimum absolute atomic E-state index is 0.109. The van der Waals surface area contributed by atoms with Crippen molar-refractivity contribution in [2.75, 3.05) is 0 Å². The average molecular weight is 175 g/mol. The van der Waals surface area contributed by atoms with Gasteiger partial charge >= 0.3 is 5.97 Å². The van der Waals surface area contributed by atoms with E-state index in [0.717, 1.165) is 0 Å². The summed E-state index contributed by atoms with van der Waals surface area (Å²) in [6.45, 7) is 3.88. The van der Waals surface area contributed by atoms with Gasteiger partial charge in [0.05, 0.1) is 5.92 Å². The fourth-order valence-electron chi connectivity index (χ4n) is 1.59. The first kappa shape index (κ1) is 8.60. The fraction of sp³-hybridized carbons (Fsp3) is 0.625. The molecule has 1 fully saturated rings. The van der Waals surface area contributed by atoms with E-state index in [4.69, 9.17) is 16.7 Å². The molecule has 1 N–H and O–H groups in total. The van der Waals surface area contributed by atoms with Gasteiger partial charge in [-0.15, -0.1) is 0 Å². The highest BCUT2D eigenvalue weighted by Gasteiger charge is 2.60. The van der Waals surface area contributed by atoms with E-state index in [-0.39, 0.29) is 17.3 Å². The zero-order chi connectivity index (χ0) is 8.65. The quantitative estimate of drug-likeness (QED) is 0.696. The molecule has 0 aromatic rings. The molecule has 0 spiro atoms. The number of hydrogen-bond acceptors (Lipinski definition) is 1. The topological polar surface area (TPSA) is 37.3 Å². The molecule has 2 nitrogen and oxygen atoms in total. The molecular weight excluding hydrogens is 164 g/mol. The van der Waals surface area contributed by atoms with Crippen LogP contribution in [0.4, 0.5) is 0 Å². The molecule has 1 aliphatic carbocycles. The van der Waals surface area contributed by atoms with E-state index >= 15 is 0 Å². The van der Waals surface area contributed by atoms with Crippen LogP contribution in [0.1, 0.15) is 13.8 Å². The van der Waals surface area contributed by atoms with Crippen LogP contribution in [0.3, 0.4) is 0 Å². The Balaban J connectivity index is 2.68. The van der Waals surface area contributed by atoms with Crippen LogP contribution in [0.2, 0.25) is 0 Å². The number of aliphatic carboxylic acids is 1. The summed E-state index contributed by atoms with van der Waals surface area (Å²) in [5.74, 6) is -0.871. The average Bonchev–Trinajstić information content (AvgIpc) is 2.35. The summed E-state index contributed by atoms with van der Waals surface area (Å²) in [5, 5.41) is 8.71. The van der Waals surface area contributed by atoms with E-state index in [0.29, 0.717) is 0 Å². The van der Waals surface area contributed by atoms with Gasteiger partial charge in [-0.3, -0.25) is 4.79 Å². The highest BCUT2D eigenvalue weighted by atomic mass is 35.5. The van der Waals surface area contributed by atoms with Crippen molar-refractivity contribution >= 4 is 17.6 Å². The molecule has 0 aromatic carbocycles. The molecule has 1 aliphatic rings. The summed E-state index contributed by atoms with van der Waals surface area (Å²) < 4.78 is 0. The van der Waals surface area contributed by atoms with Crippen LogP contribution >= 0.6 is 11.6 Å². The molecule has 11 heavy (non-hydrogen) atoms. The van der Waals surface area contributed by atoms with Crippen LogP contribution in [0.5, 0.6) is 0 Å². The lowest BCUT2D eigenvalue weighted by Crippen LogP contribution is -2.02. The Kier molecular flexibility index (Phi) is 1.97. The number of carboxylic acid groups (broad SMARTS) is 1. The third kappa shape index (κ3) is 1.27. The first-order valence-corrected chi connectivity index (χ1v) is 3.95. The van der Waals surface area contributed by atoms with Gasteiger partial charge in [-0.2, -0.15) is 0 Å². The maximum atomic E-state index is 10.6. The second-order valence-electron chi connectivity index (χ2n) is 3.48. The van der Waals surface area contributed by atoms with Crippen molar-refractivity contribution in [1.82, 2.24) is 0 Å². The van der Waals surface area contributed by atoms with Crippen molar-refractivity contribution in [3.63, 3.8) is 0 Å². The Morgan fingerprint density at radius 3 is 2.45 bits per heavy atom. The normalized spacial score (nSPS) is 34.1. The molecular formula is C8H11ClO2. The van der Waals surface area contributed by atoms with Crippen molar-refractivity contribution < 1.29 is 9.90 Å². The van der Waals surface area contributed by atoms with Crippen LogP contribution in [-0.4, -0.2) is 11.1 Å². The standard InChI is InChI=1S/C8H11ClO2/c1-8(2)5(3-4-9)6(8)7(10)11/h3-6H,1-2H3,(H,10,11)/b4-3+/t5-,6-/m1/s1. The van der Waals surface area contributed by atoms with Gasteiger partial charge in [0, 0.05) is 5.54 Å².